The van der Waals surface area contributed by atoms with Crippen molar-refractivity contribution < 1.29 is 22.7 Å². The van der Waals surface area contributed by atoms with Crippen molar-refractivity contribution in [3.8, 4) is 11.4 Å². The smallest absolute Gasteiger partial charge is 0.323 e. The number of hydrogen-bond acceptors (Lipinski definition) is 10. The van der Waals surface area contributed by atoms with Gasteiger partial charge in [0, 0.05) is 30.0 Å². The van der Waals surface area contributed by atoms with Gasteiger partial charge in [-0.25, -0.2) is 23.2 Å². The Hall–Kier alpha value is -4.76. The summed E-state index contributed by atoms with van der Waals surface area (Å²) in [5, 5.41) is 12.5. The van der Waals surface area contributed by atoms with Gasteiger partial charge in [-0.05, 0) is 42.0 Å². The van der Waals surface area contributed by atoms with Crippen molar-refractivity contribution in [2.45, 2.75) is 6.42 Å². The molecule has 1 saturated heterocycles. The van der Waals surface area contributed by atoms with Crippen LogP contribution < -0.4 is 26.0 Å². The van der Waals surface area contributed by atoms with Crippen molar-refractivity contribution in [1.82, 2.24) is 24.9 Å². The third-order valence-corrected chi connectivity index (χ3v) is 6.61. The molecule has 2 aromatic carbocycles. The number of nitrogens with one attached hydrogen (secondary N) is 4. The van der Waals surface area contributed by atoms with Gasteiger partial charge in [0.05, 0.1) is 25.9 Å². The molecular formula is C25H27N9O5S. The topological polar surface area (TPSA) is 197 Å². The van der Waals surface area contributed by atoms with Crippen LogP contribution in [0, 0.1) is 0 Å². The molecule has 0 atom stereocenters. The number of carbonyl (C=O) groups excluding carboxylic acids is 2. The number of rotatable bonds is 7. The fourth-order valence-electron chi connectivity index (χ4n) is 4.17. The van der Waals surface area contributed by atoms with Crippen LogP contribution in [0.25, 0.3) is 22.4 Å². The molecule has 0 saturated carbocycles. The first-order valence-electron chi connectivity index (χ1n) is 12.3. The maximum absolute atomic E-state index is 12.5. The number of nitrogen functional groups attached to an aromatic ring is 1. The van der Waals surface area contributed by atoms with Crippen LogP contribution in [-0.2, 0) is 26.0 Å². The van der Waals surface area contributed by atoms with Gasteiger partial charge in [0.1, 0.15) is 11.0 Å². The van der Waals surface area contributed by atoms with E-state index in [0.29, 0.717) is 65.9 Å². The zero-order valence-corrected chi connectivity index (χ0v) is 22.3. The molecule has 3 amide bonds. The molecule has 4 aromatic rings. The molecule has 5 rings (SSSR count). The second-order valence-electron chi connectivity index (χ2n) is 9.13. The zero-order valence-electron chi connectivity index (χ0n) is 21.5. The maximum Gasteiger partial charge on any atom is 0.323 e. The summed E-state index contributed by atoms with van der Waals surface area (Å²) in [5.74, 6) is 0.827. The van der Waals surface area contributed by atoms with E-state index in [4.69, 9.17) is 15.5 Å². The predicted octanol–water partition coefficient (Wildman–Crippen LogP) is 1.70. The Morgan fingerprint density at radius 2 is 1.62 bits per heavy atom. The number of morpholine rings is 1. The lowest BCUT2D eigenvalue weighted by atomic mass is 10.1. The molecule has 0 radical (unpaired) electrons. The third-order valence-electron chi connectivity index (χ3n) is 6.01. The number of hydrogen-bond donors (Lipinski definition) is 5. The van der Waals surface area contributed by atoms with E-state index >= 15 is 0 Å². The highest BCUT2D eigenvalue weighted by atomic mass is 32.2. The summed E-state index contributed by atoms with van der Waals surface area (Å²) < 4.78 is 29.7. The molecule has 1 aliphatic rings. The Labute approximate surface area is 229 Å². The minimum atomic E-state index is -3.62. The number of fused-ring (bicyclic) bond motifs is 1. The van der Waals surface area contributed by atoms with Crippen LogP contribution in [0.5, 0.6) is 0 Å². The van der Waals surface area contributed by atoms with Crippen molar-refractivity contribution in [1.29, 1.82) is 0 Å². The number of aromatic amines is 1. The highest BCUT2D eigenvalue weighted by Crippen LogP contribution is 2.29. The number of urea groups is 1. The largest absolute Gasteiger partial charge is 0.380 e. The van der Waals surface area contributed by atoms with Gasteiger partial charge >= 0.3 is 6.03 Å². The molecule has 1 aliphatic heterocycles. The van der Waals surface area contributed by atoms with Gasteiger partial charge in [0.25, 0.3) is 0 Å². The van der Waals surface area contributed by atoms with Crippen molar-refractivity contribution >= 4 is 56.0 Å². The van der Waals surface area contributed by atoms with Crippen molar-refractivity contribution in [2.24, 2.45) is 0 Å². The monoisotopic (exact) mass is 565 g/mol. The summed E-state index contributed by atoms with van der Waals surface area (Å²) in [5.41, 5.74) is 9.63. The first kappa shape index (κ1) is 26.8. The van der Waals surface area contributed by atoms with E-state index in [1.165, 1.54) is 0 Å². The van der Waals surface area contributed by atoms with Gasteiger partial charge in [-0.1, -0.05) is 12.1 Å². The lowest BCUT2D eigenvalue weighted by molar-refractivity contribution is -0.118. The second-order valence-corrected chi connectivity index (χ2v) is 10.9. The van der Waals surface area contributed by atoms with E-state index in [2.05, 4.69) is 30.7 Å². The highest BCUT2D eigenvalue weighted by Gasteiger charge is 2.21. The first-order chi connectivity index (χ1) is 19.1. The molecule has 0 aliphatic carbocycles. The number of nitrogens with zero attached hydrogens (tertiary/aromatic N) is 4. The number of amides is 3. The minimum Gasteiger partial charge on any atom is -0.380 e. The average molecular weight is 566 g/mol. The molecule has 0 spiro atoms. The van der Waals surface area contributed by atoms with E-state index in [0.717, 1.165) is 11.8 Å². The summed E-state index contributed by atoms with van der Waals surface area (Å²) >= 11 is 0. The van der Waals surface area contributed by atoms with Crippen LogP contribution in [-0.4, -0.2) is 73.1 Å². The van der Waals surface area contributed by atoms with Crippen LogP contribution in [0.1, 0.15) is 5.56 Å². The molecule has 0 bridgehead atoms. The SMILES string of the molecule is CS(=O)(=O)NC(=O)Cc1ccc(NC(=O)Nc2ccc(-c3nc(N4CCOCC4)c4[nH]nc(N)c4n3)cc2)cc1. The van der Waals surface area contributed by atoms with Crippen LogP contribution in [0.3, 0.4) is 0 Å². The molecule has 208 valence electrons. The van der Waals surface area contributed by atoms with Gasteiger partial charge in [-0.15, -0.1) is 0 Å². The van der Waals surface area contributed by atoms with Crippen molar-refractivity contribution in [2.75, 3.05) is 53.8 Å². The number of H-pyrrole nitrogens is 1. The Bertz CT molecular complexity index is 1650. The highest BCUT2D eigenvalue weighted by molar-refractivity contribution is 7.89. The summed E-state index contributed by atoms with van der Waals surface area (Å²) in [7, 11) is -3.62. The number of benzene rings is 2. The predicted molar refractivity (Wildman–Crippen MR) is 150 cm³/mol. The van der Waals surface area contributed by atoms with Gasteiger partial charge in [0.15, 0.2) is 17.5 Å². The van der Waals surface area contributed by atoms with E-state index in [1.54, 1.807) is 48.5 Å². The molecule has 6 N–H and O–H groups in total. The molecule has 0 unspecified atom stereocenters. The minimum absolute atomic E-state index is 0.107. The second kappa shape index (κ2) is 11.2. The standard InChI is InChI=1S/C25H27N9O5S/c1-40(37,38)33-19(35)14-15-2-6-17(7-3-15)27-25(36)28-18-8-4-16(5-9-18)23-29-20-21(31-32-22(20)26)24(30-23)34-10-12-39-13-11-34/h2-9H,10-14H2,1H3,(H,33,35)(H3,26,31,32)(H2,27,28,36). The van der Waals surface area contributed by atoms with Crippen LogP contribution in [0.2, 0.25) is 0 Å². The normalized spacial score (nSPS) is 13.7. The number of ether oxygens (including phenoxy) is 1. The zero-order chi connectivity index (χ0) is 28.3. The van der Waals surface area contributed by atoms with E-state index in [1.807, 2.05) is 4.72 Å². The summed E-state index contributed by atoms with van der Waals surface area (Å²) in [4.78, 5) is 35.8. The van der Waals surface area contributed by atoms with Crippen molar-refractivity contribution in [3.05, 3.63) is 54.1 Å². The fourth-order valence-corrected chi connectivity index (χ4v) is 4.66. The summed E-state index contributed by atoms with van der Waals surface area (Å²) in [6.45, 7) is 2.56. The van der Waals surface area contributed by atoms with Gasteiger partial charge in [-0.2, -0.15) is 5.10 Å². The molecule has 1 fully saturated rings. The first-order valence-corrected chi connectivity index (χ1v) is 14.2. The molecule has 14 nitrogen and oxygen atoms in total. The molecular weight excluding hydrogens is 538 g/mol. The van der Waals surface area contributed by atoms with Crippen LogP contribution in [0.15, 0.2) is 48.5 Å². The summed E-state index contributed by atoms with van der Waals surface area (Å²) in [6.07, 6.45) is 0.806. The Morgan fingerprint density at radius 3 is 2.25 bits per heavy atom. The number of aromatic nitrogens is 4. The van der Waals surface area contributed by atoms with Gasteiger partial charge in [-0.3, -0.25) is 14.6 Å². The Balaban J connectivity index is 1.24. The van der Waals surface area contributed by atoms with E-state index in [-0.39, 0.29) is 12.2 Å². The van der Waals surface area contributed by atoms with E-state index in [9.17, 15) is 18.0 Å². The number of sulfonamides is 1. The number of carbonyl (C=O) groups is 2. The maximum atomic E-state index is 12.5. The van der Waals surface area contributed by atoms with E-state index < -0.39 is 22.0 Å². The van der Waals surface area contributed by atoms with Crippen molar-refractivity contribution in [3.63, 3.8) is 0 Å². The number of anilines is 4. The van der Waals surface area contributed by atoms with Gasteiger partial charge in [0.2, 0.25) is 15.9 Å². The Kier molecular flexibility index (Phi) is 7.48. The van der Waals surface area contributed by atoms with Crippen LogP contribution >= 0.6 is 0 Å². The molecule has 3 heterocycles. The third kappa shape index (κ3) is 6.44. The fraction of sp³-hybridized carbons (Fsp3) is 0.240. The lowest BCUT2D eigenvalue weighted by Gasteiger charge is -2.28. The van der Waals surface area contributed by atoms with Gasteiger partial charge < -0.3 is 26.0 Å². The molecule has 2 aromatic heterocycles. The molecule has 40 heavy (non-hydrogen) atoms. The Morgan fingerprint density at radius 1 is 1.00 bits per heavy atom. The number of nitrogens with two attached hydrogens (primary N) is 1. The average Bonchev–Trinajstić information content (AvgIpc) is 3.29. The lowest BCUT2D eigenvalue weighted by Crippen LogP contribution is -2.37. The quantitative estimate of drug-likeness (QED) is 0.220. The van der Waals surface area contributed by atoms with Crippen LogP contribution in [0.4, 0.5) is 27.8 Å². The molecule has 15 heteroatoms. The summed E-state index contributed by atoms with van der Waals surface area (Å²) in [6, 6.07) is 13.1.